The van der Waals surface area contributed by atoms with Crippen LogP contribution in [0.1, 0.15) is 18.1 Å². The second kappa shape index (κ2) is 8.96. The van der Waals surface area contributed by atoms with Crippen molar-refractivity contribution in [2.45, 2.75) is 31.6 Å². The Morgan fingerprint density at radius 3 is 2.66 bits per heavy atom. The molecular weight excluding hydrogens is 424 g/mol. The van der Waals surface area contributed by atoms with Gasteiger partial charge in [-0.3, -0.25) is 9.36 Å². The lowest BCUT2D eigenvalue weighted by Crippen LogP contribution is -2.37. The van der Waals surface area contributed by atoms with Gasteiger partial charge in [-0.1, -0.05) is 71.5 Å². The highest BCUT2D eigenvalue weighted by atomic mass is 32.2. The van der Waals surface area contributed by atoms with Gasteiger partial charge in [0.15, 0.2) is 5.16 Å². The number of aromatic nitrogens is 5. The Labute approximate surface area is 189 Å². The number of amides is 1. The van der Waals surface area contributed by atoms with Gasteiger partial charge in [0.25, 0.3) is 5.89 Å². The standard InChI is InChI=1S/C23H22N6O2S/c1-2-29-21(22-24-20(27-31-22)17-9-4-3-5-10-17)25-26-23(29)32-15-19(30)28-13-12-16-8-6-7-11-18(16)14-28/h3-11H,2,12-15H2,1H3. The van der Waals surface area contributed by atoms with Crippen molar-refractivity contribution in [1.82, 2.24) is 29.8 Å². The average Bonchev–Trinajstić information content (AvgIpc) is 3.49. The Bertz CT molecular complexity index is 1240. The van der Waals surface area contributed by atoms with E-state index in [9.17, 15) is 4.79 Å². The van der Waals surface area contributed by atoms with Gasteiger partial charge in [0.2, 0.25) is 17.6 Å². The molecule has 4 aromatic rings. The molecule has 0 saturated heterocycles. The van der Waals surface area contributed by atoms with Crippen LogP contribution in [0.5, 0.6) is 0 Å². The number of benzene rings is 2. The minimum atomic E-state index is 0.0980. The summed E-state index contributed by atoms with van der Waals surface area (Å²) >= 11 is 1.38. The smallest absolute Gasteiger partial charge is 0.296 e. The average molecular weight is 447 g/mol. The van der Waals surface area contributed by atoms with Crippen LogP contribution in [-0.2, 0) is 24.3 Å². The fourth-order valence-corrected chi connectivity index (χ4v) is 4.69. The summed E-state index contributed by atoms with van der Waals surface area (Å²) in [4.78, 5) is 19.2. The molecule has 0 aliphatic carbocycles. The summed E-state index contributed by atoms with van der Waals surface area (Å²) in [5.74, 6) is 1.72. The minimum absolute atomic E-state index is 0.0980. The predicted molar refractivity (Wildman–Crippen MR) is 121 cm³/mol. The van der Waals surface area contributed by atoms with Crippen LogP contribution in [0.15, 0.2) is 64.3 Å². The maximum absolute atomic E-state index is 12.8. The van der Waals surface area contributed by atoms with E-state index in [1.807, 2.05) is 58.9 Å². The molecule has 2 aromatic carbocycles. The lowest BCUT2D eigenvalue weighted by atomic mass is 10.00. The number of rotatable bonds is 6. The zero-order valence-corrected chi connectivity index (χ0v) is 18.5. The molecule has 162 valence electrons. The van der Waals surface area contributed by atoms with Crippen molar-refractivity contribution < 1.29 is 9.32 Å². The summed E-state index contributed by atoms with van der Waals surface area (Å²) in [5, 5.41) is 13.3. The molecule has 0 fully saturated rings. The van der Waals surface area contributed by atoms with Crippen molar-refractivity contribution in [3.8, 4) is 23.1 Å². The summed E-state index contributed by atoms with van der Waals surface area (Å²) in [7, 11) is 0. The quantitative estimate of drug-likeness (QED) is 0.417. The second-order valence-electron chi connectivity index (χ2n) is 7.46. The fourth-order valence-electron chi connectivity index (χ4n) is 3.78. The zero-order valence-electron chi connectivity index (χ0n) is 17.6. The molecule has 1 aliphatic rings. The van der Waals surface area contributed by atoms with Crippen LogP contribution < -0.4 is 0 Å². The molecule has 5 rings (SSSR count). The second-order valence-corrected chi connectivity index (χ2v) is 8.40. The van der Waals surface area contributed by atoms with Crippen molar-refractivity contribution in [1.29, 1.82) is 0 Å². The van der Waals surface area contributed by atoms with Gasteiger partial charge in [0.05, 0.1) is 5.75 Å². The summed E-state index contributed by atoms with van der Waals surface area (Å²) < 4.78 is 7.34. The third-order valence-electron chi connectivity index (χ3n) is 5.49. The Morgan fingerprint density at radius 2 is 1.84 bits per heavy atom. The summed E-state index contributed by atoms with van der Waals surface area (Å²) in [6.07, 6.45) is 0.892. The molecular formula is C23H22N6O2S. The molecule has 0 saturated carbocycles. The molecule has 8 nitrogen and oxygen atoms in total. The van der Waals surface area contributed by atoms with E-state index in [0.29, 0.717) is 41.5 Å². The van der Waals surface area contributed by atoms with Crippen LogP contribution in [0.25, 0.3) is 23.1 Å². The number of fused-ring (bicyclic) bond motifs is 1. The Kier molecular flexibility index (Phi) is 5.72. The third-order valence-corrected chi connectivity index (χ3v) is 6.44. The van der Waals surface area contributed by atoms with Gasteiger partial charge in [-0.15, -0.1) is 10.2 Å². The van der Waals surface area contributed by atoms with Gasteiger partial charge < -0.3 is 9.42 Å². The molecule has 0 unspecified atom stereocenters. The molecule has 32 heavy (non-hydrogen) atoms. The van der Waals surface area contributed by atoms with E-state index in [2.05, 4.69) is 32.5 Å². The van der Waals surface area contributed by atoms with Crippen molar-refractivity contribution in [2.24, 2.45) is 0 Å². The topological polar surface area (TPSA) is 89.9 Å². The lowest BCUT2D eigenvalue weighted by Gasteiger charge is -2.28. The molecule has 0 atom stereocenters. The molecule has 0 spiro atoms. The number of nitrogens with zero attached hydrogens (tertiary/aromatic N) is 6. The Hall–Kier alpha value is -3.46. The van der Waals surface area contributed by atoms with Crippen LogP contribution in [0.2, 0.25) is 0 Å². The van der Waals surface area contributed by atoms with Crippen LogP contribution in [0.3, 0.4) is 0 Å². The fraction of sp³-hybridized carbons (Fsp3) is 0.261. The van der Waals surface area contributed by atoms with Crippen molar-refractivity contribution in [2.75, 3.05) is 12.3 Å². The highest BCUT2D eigenvalue weighted by Gasteiger charge is 2.23. The van der Waals surface area contributed by atoms with Crippen LogP contribution >= 0.6 is 11.8 Å². The van der Waals surface area contributed by atoms with E-state index < -0.39 is 0 Å². The number of carbonyl (C=O) groups excluding carboxylic acids is 1. The van der Waals surface area contributed by atoms with Gasteiger partial charge >= 0.3 is 0 Å². The van der Waals surface area contributed by atoms with Gasteiger partial charge in [-0.25, -0.2) is 0 Å². The van der Waals surface area contributed by atoms with Crippen LogP contribution in [-0.4, -0.2) is 48.0 Å². The van der Waals surface area contributed by atoms with E-state index in [4.69, 9.17) is 4.52 Å². The highest BCUT2D eigenvalue weighted by molar-refractivity contribution is 7.99. The van der Waals surface area contributed by atoms with Crippen molar-refractivity contribution >= 4 is 17.7 Å². The molecule has 0 N–H and O–H groups in total. The summed E-state index contributed by atoms with van der Waals surface area (Å²) in [5.41, 5.74) is 3.42. The first-order valence-electron chi connectivity index (χ1n) is 10.5. The molecule has 1 amide bonds. The molecule has 0 radical (unpaired) electrons. The Morgan fingerprint density at radius 1 is 1.06 bits per heavy atom. The first kappa shape index (κ1) is 20.4. The molecule has 2 aromatic heterocycles. The number of hydrogen-bond donors (Lipinski definition) is 0. The minimum Gasteiger partial charge on any atom is -0.337 e. The van der Waals surface area contributed by atoms with Crippen LogP contribution in [0, 0.1) is 0 Å². The van der Waals surface area contributed by atoms with E-state index >= 15 is 0 Å². The van der Waals surface area contributed by atoms with Crippen LogP contribution in [0.4, 0.5) is 0 Å². The van der Waals surface area contributed by atoms with E-state index in [1.54, 1.807) is 0 Å². The van der Waals surface area contributed by atoms with E-state index in [1.165, 1.54) is 22.9 Å². The molecule has 9 heteroatoms. The molecule has 3 heterocycles. The maximum atomic E-state index is 12.8. The summed E-state index contributed by atoms with van der Waals surface area (Å²) in [6, 6.07) is 17.9. The van der Waals surface area contributed by atoms with Crippen molar-refractivity contribution in [3.05, 3.63) is 65.7 Å². The van der Waals surface area contributed by atoms with Gasteiger partial charge in [0, 0.05) is 25.2 Å². The van der Waals surface area contributed by atoms with Crippen molar-refractivity contribution in [3.63, 3.8) is 0 Å². The monoisotopic (exact) mass is 446 g/mol. The van der Waals surface area contributed by atoms with Gasteiger partial charge in [0.1, 0.15) is 0 Å². The maximum Gasteiger partial charge on any atom is 0.296 e. The lowest BCUT2D eigenvalue weighted by molar-refractivity contribution is -0.129. The molecule has 0 bridgehead atoms. The number of thioether (sulfide) groups is 1. The van der Waals surface area contributed by atoms with E-state index in [0.717, 1.165) is 18.5 Å². The van der Waals surface area contributed by atoms with Gasteiger partial charge in [-0.2, -0.15) is 4.98 Å². The first-order chi connectivity index (χ1) is 15.7. The number of carbonyl (C=O) groups is 1. The third kappa shape index (κ3) is 4.03. The largest absolute Gasteiger partial charge is 0.337 e. The predicted octanol–water partition coefficient (Wildman–Crippen LogP) is 3.69. The van der Waals surface area contributed by atoms with E-state index in [-0.39, 0.29) is 5.91 Å². The highest BCUT2D eigenvalue weighted by Crippen LogP contribution is 2.26. The SMILES string of the molecule is CCn1c(SCC(=O)N2CCc3ccccc3C2)nnc1-c1nc(-c2ccccc2)no1. The first-order valence-corrected chi connectivity index (χ1v) is 11.5. The summed E-state index contributed by atoms with van der Waals surface area (Å²) in [6.45, 7) is 4.02. The normalized spacial score (nSPS) is 13.2. The Balaban J connectivity index is 1.28. The number of hydrogen-bond acceptors (Lipinski definition) is 7. The van der Waals surface area contributed by atoms with Gasteiger partial charge in [-0.05, 0) is 24.5 Å². The molecule has 1 aliphatic heterocycles. The zero-order chi connectivity index (χ0) is 21.9.